The number of nitrogens with zero attached hydrogens (tertiary/aromatic N) is 3. The summed E-state index contributed by atoms with van der Waals surface area (Å²) in [5, 5.41) is 20.6. The number of nitrogens with one attached hydrogen (secondary N) is 2. The Bertz CT molecular complexity index is 772. The summed E-state index contributed by atoms with van der Waals surface area (Å²) in [5.74, 6) is 0.704. The lowest BCUT2D eigenvalue weighted by Crippen LogP contribution is -2.52. The fourth-order valence-corrected chi connectivity index (χ4v) is 4.10. The van der Waals surface area contributed by atoms with E-state index < -0.39 is 0 Å². The maximum atomic E-state index is 12.9. The molecule has 0 aromatic carbocycles. The molecular weight excluding hydrogens is 389 g/mol. The Morgan fingerprint density at radius 2 is 1.96 bits per heavy atom. The second-order valence-electron chi connectivity index (χ2n) is 7.43. The summed E-state index contributed by atoms with van der Waals surface area (Å²) in [6.45, 7) is 3.93. The van der Waals surface area contributed by atoms with Crippen LogP contribution in [0.15, 0.2) is 18.6 Å². The second-order valence-corrected chi connectivity index (χ2v) is 7.43. The fourth-order valence-electron chi connectivity index (χ4n) is 4.10. The van der Waals surface area contributed by atoms with Gasteiger partial charge >= 0.3 is 0 Å². The van der Waals surface area contributed by atoms with E-state index in [1.165, 1.54) is 0 Å². The van der Waals surface area contributed by atoms with Gasteiger partial charge < -0.3 is 15.7 Å². The minimum Gasteiger partial charge on any atom is -0.393 e. The van der Waals surface area contributed by atoms with Crippen molar-refractivity contribution in [3.63, 3.8) is 0 Å². The third kappa shape index (κ3) is 4.54. The van der Waals surface area contributed by atoms with Crippen molar-refractivity contribution in [2.75, 3.05) is 13.1 Å². The van der Waals surface area contributed by atoms with Crippen molar-refractivity contribution >= 4 is 36.4 Å². The van der Waals surface area contributed by atoms with Gasteiger partial charge in [0, 0.05) is 18.4 Å². The quantitative estimate of drug-likeness (QED) is 0.707. The van der Waals surface area contributed by atoms with E-state index in [9.17, 15) is 9.90 Å². The number of fused-ring (bicyclic) bond motifs is 1. The molecule has 7 nitrogen and oxygen atoms in total. The SMILES string of the molecule is Cc1cnc2c(C(=O)NC(C3CCNCC3)C3CC(O)C3)cnn2c1.Cl.Cl. The summed E-state index contributed by atoms with van der Waals surface area (Å²) < 4.78 is 1.65. The minimum absolute atomic E-state index is 0. The number of rotatable bonds is 4. The van der Waals surface area contributed by atoms with Crippen LogP contribution in [0.2, 0.25) is 0 Å². The Morgan fingerprint density at radius 3 is 2.63 bits per heavy atom. The zero-order valence-electron chi connectivity index (χ0n) is 15.3. The van der Waals surface area contributed by atoms with Crippen molar-refractivity contribution in [2.24, 2.45) is 11.8 Å². The molecule has 1 amide bonds. The molecule has 0 radical (unpaired) electrons. The predicted octanol–water partition coefficient (Wildman–Crippen LogP) is 1.75. The van der Waals surface area contributed by atoms with Crippen LogP contribution in [0, 0.1) is 18.8 Å². The van der Waals surface area contributed by atoms with Gasteiger partial charge in [-0.25, -0.2) is 9.50 Å². The summed E-state index contributed by atoms with van der Waals surface area (Å²) in [7, 11) is 0. The van der Waals surface area contributed by atoms with Gasteiger partial charge in [-0.15, -0.1) is 24.8 Å². The molecular formula is C18H27Cl2N5O2. The van der Waals surface area contributed by atoms with Gasteiger partial charge in [-0.3, -0.25) is 4.79 Å². The van der Waals surface area contributed by atoms with Gasteiger partial charge in [-0.2, -0.15) is 5.10 Å². The van der Waals surface area contributed by atoms with E-state index in [1.807, 2.05) is 13.1 Å². The second kappa shape index (κ2) is 9.19. The molecule has 1 aliphatic carbocycles. The van der Waals surface area contributed by atoms with Crippen LogP contribution in [0.3, 0.4) is 0 Å². The molecule has 27 heavy (non-hydrogen) atoms. The first-order valence-electron chi connectivity index (χ1n) is 9.11. The number of aryl methyl sites for hydroxylation is 1. The standard InChI is InChI=1S/C18H25N5O2.2ClH/c1-11-8-20-17-15(9-21-23(17)10-11)18(25)22-16(13-6-14(24)7-13)12-2-4-19-5-3-12;;/h8-10,12-14,16,19,24H,2-7H2,1H3,(H,22,25);2*1H. The van der Waals surface area contributed by atoms with Gasteiger partial charge in [-0.1, -0.05) is 0 Å². The van der Waals surface area contributed by atoms with Gasteiger partial charge in [0.05, 0.1) is 12.3 Å². The molecule has 2 fully saturated rings. The van der Waals surface area contributed by atoms with E-state index >= 15 is 0 Å². The topological polar surface area (TPSA) is 91.5 Å². The van der Waals surface area contributed by atoms with Crippen LogP contribution in [0.1, 0.15) is 41.6 Å². The van der Waals surface area contributed by atoms with Crippen LogP contribution in [-0.2, 0) is 0 Å². The Balaban J connectivity index is 0.00000131. The number of carbonyl (C=O) groups is 1. The number of piperidine rings is 1. The van der Waals surface area contributed by atoms with Crippen molar-refractivity contribution < 1.29 is 9.90 Å². The summed E-state index contributed by atoms with van der Waals surface area (Å²) in [6.07, 6.45) is 8.67. The highest BCUT2D eigenvalue weighted by molar-refractivity contribution is 5.99. The van der Waals surface area contributed by atoms with Crippen molar-refractivity contribution in [3.8, 4) is 0 Å². The molecule has 1 saturated carbocycles. The largest absolute Gasteiger partial charge is 0.393 e. The molecule has 1 unspecified atom stereocenters. The van der Waals surface area contributed by atoms with Crippen molar-refractivity contribution in [1.82, 2.24) is 25.2 Å². The Hall–Kier alpha value is -1.41. The number of aromatic nitrogens is 3. The zero-order chi connectivity index (χ0) is 17.4. The van der Waals surface area contributed by atoms with Gasteiger partial charge in [-0.05, 0) is 63.1 Å². The smallest absolute Gasteiger partial charge is 0.257 e. The molecule has 2 aromatic heterocycles. The van der Waals surface area contributed by atoms with E-state index in [2.05, 4.69) is 20.7 Å². The minimum atomic E-state index is -0.215. The summed E-state index contributed by atoms with van der Waals surface area (Å²) in [6, 6.07) is 0.110. The summed E-state index contributed by atoms with van der Waals surface area (Å²) in [5.41, 5.74) is 2.10. The van der Waals surface area contributed by atoms with Crippen molar-refractivity contribution in [3.05, 3.63) is 29.7 Å². The Morgan fingerprint density at radius 1 is 1.26 bits per heavy atom. The molecule has 2 aromatic rings. The van der Waals surface area contributed by atoms with Crippen molar-refractivity contribution in [1.29, 1.82) is 0 Å². The zero-order valence-corrected chi connectivity index (χ0v) is 16.9. The number of aliphatic hydroxyl groups excluding tert-OH is 1. The Labute approximate surface area is 171 Å². The number of hydrogen-bond donors (Lipinski definition) is 3. The van der Waals surface area contributed by atoms with Crippen LogP contribution in [0.25, 0.3) is 5.65 Å². The first kappa shape index (κ1) is 21.9. The van der Waals surface area contributed by atoms with Gasteiger partial charge in [0.15, 0.2) is 5.65 Å². The average molecular weight is 416 g/mol. The molecule has 1 aliphatic heterocycles. The van der Waals surface area contributed by atoms with Crippen LogP contribution in [-0.4, -0.2) is 50.8 Å². The van der Waals surface area contributed by atoms with Gasteiger partial charge in [0.25, 0.3) is 5.91 Å². The third-order valence-electron chi connectivity index (χ3n) is 5.58. The Kier molecular flexibility index (Phi) is 7.45. The molecule has 1 saturated heterocycles. The molecule has 1 atom stereocenters. The van der Waals surface area contributed by atoms with E-state index in [0.717, 1.165) is 44.3 Å². The summed E-state index contributed by atoms with van der Waals surface area (Å²) in [4.78, 5) is 17.3. The van der Waals surface area contributed by atoms with Crippen LogP contribution < -0.4 is 10.6 Å². The normalized spacial score (nSPS) is 23.6. The first-order chi connectivity index (χ1) is 12.1. The molecule has 3 N–H and O–H groups in total. The van der Waals surface area contributed by atoms with Crippen molar-refractivity contribution in [2.45, 2.75) is 44.8 Å². The number of hydrogen-bond acceptors (Lipinski definition) is 5. The molecule has 150 valence electrons. The highest BCUT2D eigenvalue weighted by Crippen LogP contribution is 2.36. The van der Waals surface area contributed by atoms with E-state index in [1.54, 1.807) is 16.9 Å². The number of halogens is 2. The fraction of sp³-hybridized carbons (Fsp3) is 0.611. The highest BCUT2D eigenvalue weighted by atomic mass is 35.5. The average Bonchev–Trinajstić information content (AvgIpc) is 3.01. The maximum Gasteiger partial charge on any atom is 0.257 e. The molecule has 3 heterocycles. The number of amides is 1. The lowest BCUT2D eigenvalue weighted by Gasteiger charge is -2.43. The van der Waals surface area contributed by atoms with Crippen LogP contribution in [0.4, 0.5) is 0 Å². The molecule has 4 rings (SSSR count). The van der Waals surface area contributed by atoms with E-state index in [4.69, 9.17) is 0 Å². The van der Waals surface area contributed by atoms with E-state index in [-0.39, 0.29) is 42.9 Å². The monoisotopic (exact) mass is 415 g/mol. The lowest BCUT2D eigenvalue weighted by molar-refractivity contribution is 0.00920. The lowest BCUT2D eigenvalue weighted by atomic mass is 9.71. The first-order valence-corrected chi connectivity index (χ1v) is 9.11. The molecule has 2 aliphatic rings. The molecule has 0 bridgehead atoms. The summed E-state index contributed by atoms with van der Waals surface area (Å²) >= 11 is 0. The van der Waals surface area contributed by atoms with Gasteiger partial charge in [0.1, 0.15) is 5.56 Å². The highest BCUT2D eigenvalue weighted by Gasteiger charge is 2.39. The van der Waals surface area contributed by atoms with Gasteiger partial charge in [0.2, 0.25) is 0 Å². The van der Waals surface area contributed by atoms with E-state index in [0.29, 0.717) is 23.0 Å². The number of aliphatic hydroxyl groups is 1. The molecule has 9 heteroatoms. The maximum absolute atomic E-state index is 12.9. The van der Waals surface area contributed by atoms with Crippen LogP contribution in [0.5, 0.6) is 0 Å². The predicted molar refractivity (Wildman–Crippen MR) is 108 cm³/mol. The van der Waals surface area contributed by atoms with Crippen LogP contribution >= 0.6 is 24.8 Å². The third-order valence-corrected chi connectivity index (χ3v) is 5.58. The number of carbonyl (C=O) groups excluding carboxylic acids is 1. The molecule has 0 spiro atoms.